The molecule has 1 aliphatic heterocycles. The maximum Gasteiger partial charge on any atom is 0.307 e. The van der Waals surface area contributed by atoms with E-state index in [-0.39, 0.29) is 12.3 Å². The summed E-state index contributed by atoms with van der Waals surface area (Å²) < 4.78 is 4.73. The monoisotopic (exact) mass is 226 g/mol. The normalized spacial score (nSPS) is 22.3. The van der Waals surface area contributed by atoms with E-state index in [0.29, 0.717) is 11.6 Å². The molecule has 1 N–H and O–H groups in total. The van der Waals surface area contributed by atoms with Crippen LogP contribution in [0.2, 0.25) is 0 Å². The van der Waals surface area contributed by atoms with E-state index < -0.39 is 11.2 Å². The Labute approximate surface area is 91.5 Å². The molecule has 0 aromatic rings. The number of carbonyl (C=O) groups excluding carboxylic acids is 2. The molecule has 1 unspecified atom stereocenters. The molecule has 6 heteroatoms. The molecule has 0 aromatic carbocycles. The van der Waals surface area contributed by atoms with Gasteiger partial charge in [0.05, 0.1) is 24.1 Å². The molecule has 5 nitrogen and oxygen atoms in total. The minimum Gasteiger partial charge on any atom is -0.466 e. The van der Waals surface area contributed by atoms with Crippen LogP contribution in [0.1, 0.15) is 13.3 Å². The molecule has 1 heterocycles. The van der Waals surface area contributed by atoms with Crippen molar-refractivity contribution in [2.24, 2.45) is 0 Å². The highest BCUT2D eigenvalue weighted by Gasteiger charge is 2.31. The van der Waals surface area contributed by atoms with Crippen LogP contribution < -0.4 is 5.32 Å². The average molecular weight is 226 g/mol. The van der Waals surface area contributed by atoms with Crippen molar-refractivity contribution in [1.29, 1.82) is 5.26 Å². The summed E-state index contributed by atoms with van der Waals surface area (Å²) in [7, 11) is 0. The van der Waals surface area contributed by atoms with Crippen LogP contribution in [-0.4, -0.2) is 23.7 Å². The second kappa shape index (κ2) is 5.41. The topological polar surface area (TPSA) is 79.2 Å². The smallest absolute Gasteiger partial charge is 0.307 e. The third kappa shape index (κ3) is 3.29. The number of thioether (sulfide) groups is 1. The highest BCUT2D eigenvalue weighted by Crippen LogP contribution is 2.28. The molecule has 15 heavy (non-hydrogen) atoms. The van der Waals surface area contributed by atoms with E-state index in [1.807, 2.05) is 6.07 Å². The maximum absolute atomic E-state index is 11.3. The number of esters is 1. The zero-order chi connectivity index (χ0) is 11.3. The van der Waals surface area contributed by atoms with Gasteiger partial charge in [-0.3, -0.25) is 9.59 Å². The molecule has 1 atom stereocenters. The van der Waals surface area contributed by atoms with Gasteiger partial charge in [-0.15, -0.1) is 0 Å². The first kappa shape index (κ1) is 11.6. The summed E-state index contributed by atoms with van der Waals surface area (Å²) in [5.41, 5.74) is 0. The second-order valence-electron chi connectivity index (χ2n) is 2.74. The highest BCUT2D eigenvalue weighted by atomic mass is 32.2. The molecule has 80 valence electrons. The number of nitrogens with zero attached hydrogens (tertiary/aromatic N) is 1. The lowest BCUT2D eigenvalue weighted by Crippen LogP contribution is -2.25. The van der Waals surface area contributed by atoms with E-state index in [1.54, 1.807) is 6.92 Å². The zero-order valence-corrected chi connectivity index (χ0v) is 8.97. The SMILES string of the molecule is CCOC(=O)CC1S/C(=C\C#N)NC1=O. The Hall–Kier alpha value is -1.48. The molecule has 1 saturated heterocycles. The van der Waals surface area contributed by atoms with Crippen molar-refractivity contribution >= 4 is 23.6 Å². The van der Waals surface area contributed by atoms with Crippen molar-refractivity contribution in [3.8, 4) is 6.07 Å². The molecule has 1 amide bonds. The fraction of sp³-hybridized carbons (Fsp3) is 0.444. The molecule has 0 aliphatic carbocycles. The largest absolute Gasteiger partial charge is 0.466 e. The van der Waals surface area contributed by atoms with Gasteiger partial charge in [-0.25, -0.2) is 0 Å². The lowest BCUT2D eigenvalue weighted by atomic mass is 10.3. The Morgan fingerprint density at radius 2 is 2.53 bits per heavy atom. The molecular weight excluding hydrogens is 216 g/mol. The maximum atomic E-state index is 11.3. The van der Waals surface area contributed by atoms with E-state index in [2.05, 4.69) is 5.32 Å². The van der Waals surface area contributed by atoms with Gasteiger partial charge in [0.25, 0.3) is 0 Å². The molecule has 0 aromatic heterocycles. The number of nitrogens with one attached hydrogen (secondary N) is 1. The van der Waals surface area contributed by atoms with Crippen molar-refractivity contribution < 1.29 is 14.3 Å². The van der Waals surface area contributed by atoms with Gasteiger partial charge < -0.3 is 10.1 Å². The number of amides is 1. The van der Waals surface area contributed by atoms with Gasteiger partial charge >= 0.3 is 5.97 Å². The van der Waals surface area contributed by atoms with Crippen molar-refractivity contribution in [1.82, 2.24) is 5.32 Å². The van der Waals surface area contributed by atoms with Crippen LogP contribution in [0.25, 0.3) is 0 Å². The first-order valence-corrected chi connectivity index (χ1v) is 5.28. The number of hydrogen-bond acceptors (Lipinski definition) is 5. The van der Waals surface area contributed by atoms with Gasteiger partial charge in [-0.2, -0.15) is 5.26 Å². The lowest BCUT2D eigenvalue weighted by molar-refractivity contribution is -0.144. The number of hydrogen-bond donors (Lipinski definition) is 1. The first-order valence-electron chi connectivity index (χ1n) is 4.40. The van der Waals surface area contributed by atoms with Crippen molar-refractivity contribution in [3.63, 3.8) is 0 Å². The first-order chi connectivity index (χ1) is 7.17. The number of allylic oxidation sites excluding steroid dienone is 1. The number of carbonyl (C=O) groups is 2. The van der Waals surface area contributed by atoms with Crippen LogP contribution in [0.15, 0.2) is 11.1 Å². The van der Waals surface area contributed by atoms with Crippen LogP contribution in [0.5, 0.6) is 0 Å². The van der Waals surface area contributed by atoms with E-state index in [9.17, 15) is 9.59 Å². The Balaban J connectivity index is 2.52. The summed E-state index contributed by atoms with van der Waals surface area (Å²) >= 11 is 1.17. The Kier molecular flexibility index (Phi) is 4.18. The summed E-state index contributed by atoms with van der Waals surface area (Å²) in [5, 5.41) is 10.9. The third-order valence-corrected chi connectivity index (χ3v) is 2.80. The Morgan fingerprint density at radius 3 is 3.13 bits per heavy atom. The van der Waals surface area contributed by atoms with Gasteiger partial charge in [0.2, 0.25) is 5.91 Å². The van der Waals surface area contributed by atoms with Crippen LogP contribution in [-0.2, 0) is 14.3 Å². The zero-order valence-electron chi connectivity index (χ0n) is 8.15. The predicted molar refractivity (Wildman–Crippen MR) is 54.5 cm³/mol. The molecular formula is C9H10N2O3S. The summed E-state index contributed by atoms with van der Waals surface area (Å²) in [5.74, 6) is -0.655. The van der Waals surface area contributed by atoms with Gasteiger partial charge in [-0.1, -0.05) is 11.8 Å². The summed E-state index contributed by atoms with van der Waals surface area (Å²) in [6, 6.07) is 1.82. The summed E-state index contributed by atoms with van der Waals surface area (Å²) in [6.45, 7) is 2.01. The van der Waals surface area contributed by atoms with Gasteiger partial charge in [0.15, 0.2) is 0 Å². The Morgan fingerprint density at radius 1 is 1.80 bits per heavy atom. The molecule has 1 rings (SSSR count). The summed E-state index contributed by atoms with van der Waals surface area (Å²) in [4.78, 5) is 22.4. The summed E-state index contributed by atoms with van der Waals surface area (Å²) in [6.07, 6.45) is 1.28. The van der Waals surface area contributed by atoms with Crippen molar-refractivity contribution in [2.75, 3.05) is 6.61 Å². The minimum absolute atomic E-state index is 0.0348. The number of ether oxygens (including phenoxy) is 1. The molecule has 0 radical (unpaired) electrons. The van der Waals surface area contributed by atoms with E-state index in [0.717, 1.165) is 0 Å². The second-order valence-corrected chi connectivity index (χ2v) is 3.99. The van der Waals surface area contributed by atoms with Crippen LogP contribution in [0, 0.1) is 11.3 Å². The van der Waals surface area contributed by atoms with Crippen molar-refractivity contribution in [3.05, 3.63) is 11.1 Å². The average Bonchev–Trinajstić information content (AvgIpc) is 2.48. The van der Waals surface area contributed by atoms with Crippen LogP contribution >= 0.6 is 11.8 Å². The number of nitriles is 1. The minimum atomic E-state index is -0.483. The quantitative estimate of drug-likeness (QED) is 0.561. The highest BCUT2D eigenvalue weighted by molar-refractivity contribution is 8.04. The molecule has 0 saturated carbocycles. The fourth-order valence-electron chi connectivity index (χ4n) is 1.07. The molecule has 1 aliphatic rings. The van der Waals surface area contributed by atoms with Crippen LogP contribution in [0.3, 0.4) is 0 Å². The molecule has 0 spiro atoms. The molecule has 0 bridgehead atoms. The van der Waals surface area contributed by atoms with E-state index in [1.165, 1.54) is 17.8 Å². The van der Waals surface area contributed by atoms with E-state index >= 15 is 0 Å². The molecule has 1 fully saturated rings. The van der Waals surface area contributed by atoms with Gasteiger partial charge in [-0.05, 0) is 6.92 Å². The van der Waals surface area contributed by atoms with Gasteiger partial charge in [0.1, 0.15) is 5.25 Å². The fourth-order valence-corrected chi connectivity index (χ4v) is 2.04. The number of rotatable bonds is 3. The van der Waals surface area contributed by atoms with E-state index in [4.69, 9.17) is 10.00 Å². The van der Waals surface area contributed by atoms with Crippen LogP contribution in [0.4, 0.5) is 0 Å². The third-order valence-electron chi connectivity index (χ3n) is 1.66. The lowest BCUT2D eigenvalue weighted by Gasteiger charge is -2.04. The standard InChI is InChI=1S/C9H10N2O3S/c1-2-14-8(12)5-6-9(13)11-7(15-6)3-4-10/h3,6H,2,5H2,1H3,(H,11,13)/b7-3-. The Bertz CT molecular complexity index is 346. The van der Waals surface area contributed by atoms with Crippen molar-refractivity contribution in [2.45, 2.75) is 18.6 Å². The van der Waals surface area contributed by atoms with Gasteiger partial charge in [0, 0.05) is 6.08 Å². The predicted octanol–water partition coefficient (Wildman–Crippen LogP) is 0.536.